The van der Waals surface area contributed by atoms with Gasteiger partial charge in [0.1, 0.15) is 0 Å². The summed E-state index contributed by atoms with van der Waals surface area (Å²) in [4.78, 5) is 26.8. The molecule has 0 spiro atoms. The average Bonchev–Trinajstić information content (AvgIpc) is 2.77. The van der Waals surface area contributed by atoms with Crippen molar-refractivity contribution in [2.24, 2.45) is 5.92 Å². The Morgan fingerprint density at radius 1 is 1.07 bits per heavy atom. The highest BCUT2D eigenvalue weighted by molar-refractivity contribution is 7.89. The lowest BCUT2D eigenvalue weighted by Crippen LogP contribution is -2.41. The van der Waals surface area contributed by atoms with Gasteiger partial charge >= 0.3 is 5.97 Å². The van der Waals surface area contributed by atoms with Crippen molar-refractivity contribution in [1.82, 2.24) is 9.21 Å². The maximum Gasteiger partial charge on any atom is 0.340 e. The molecule has 2 aliphatic rings. The quantitative estimate of drug-likeness (QED) is 0.640. The fraction of sp³-hybridized carbons (Fsp3) is 0.636. The molecule has 2 fully saturated rings. The van der Waals surface area contributed by atoms with Crippen LogP contribution < -0.4 is 0 Å². The van der Waals surface area contributed by atoms with Gasteiger partial charge in [-0.25, -0.2) is 13.2 Å². The lowest BCUT2D eigenvalue weighted by molar-refractivity contribution is -0.136. The second-order valence-electron chi connectivity index (χ2n) is 8.46. The Labute approximate surface area is 179 Å². The number of likely N-dealkylation sites (N-methyl/N-ethyl adjacent to an activating group) is 1. The average molecular weight is 437 g/mol. The fourth-order valence-electron chi connectivity index (χ4n) is 4.24. The minimum Gasteiger partial charge on any atom is -0.452 e. The molecule has 1 amide bonds. The van der Waals surface area contributed by atoms with Crippen LogP contribution >= 0.6 is 0 Å². The first-order valence-corrected chi connectivity index (χ1v) is 12.3. The Morgan fingerprint density at radius 3 is 2.37 bits per heavy atom. The van der Waals surface area contributed by atoms with E-state index in [0.717, 1.165) is 44.9 Å². The van der Waals surface area contributed by atoms with Gasteiger partial charge in [-0.15, -0.1) is 0 Å². The van der Waals surface area contributed by atoms with Crippen LogP contribution in [0.15, 0.2) is 29.2 Å². The summed E-state index contributed by atoms with van der Waals surface area (Å²) in [6.45, 7) is 2.73. The molecule has 0 bridgehead atoms. The van der Waals surface area contributed by atoms with Crippen LogP contribution in [0.2, 0.25) is 0 Å². The second-order valence-corrected chi connectivity index (χ2v) is 10.4. The van der Waals surface area contributed by atoms with Crippen molar-refractivity contribution in [3.8, 4) is 0 Å². The molecule has 7 nitrogen and oxygen atoms in total. The highest BCUT2D eigenvalue weighted by Crippen LogP contribution is 2.27. The number of esters is 1. The Hall–Kier alpha value is -1.93. The molecule has 0 N–H and O–H groups in total. The zero-order valence-corrected chi connectivity index (χ0v) is 18.7. The third kappa shape index (κ3) is 5.21. The highest BCUT2D eigenvalue weighted by Gasteiger charge is 2.31. The fourth-order valence-corrected chi connectivity index (χ4v) is 5.94. The number of hydrogen-bond acceptors (Lipinski definition) is 5. The van der Waals surface area contributed by atoms with E-state index < -0.39 is 16.0 Å². The van der Waals surface area contributed by atoms with Gasteiger partial charge < -0.3 is 9.64 Å². The van der Waals surface area contributed by atoms with E-state index in [-0.39, 0.29) is 29.0 Å². The van der Waals surface area contributed by atoms with Crippen LogP contribution in [0.5, 0.6) is 0 Å². The van der Waals surface area contributed by atoms with Gasteiger partial charge in [-0.1, -0.05) is 25.5 Å². The lowest BCUT2D eigenvalue weighted by atomic mass is 9.87. The summed E-state index contributed by atoms with van der Waals surface area (Å²) in [6.07, 6.45) is 6.71. The van der Waals surface area contributed by atoms with E-state index in [9.17, 15) is 18.0 Å². The van der Waals surface area contributed by atoms with Gasteiger partial charge in [0.25, 0.3) is 5.91 Å². The van der Waals surface area contributed by atoms with E-state index in [1.807, 2.05) is 0 Å². The molecule has 8 heteroatoms. The molecule has 0 aromatic heterocycles. The molecule has 3 rings (SSSR count). The number of carbonyl (C=O) groups is 2. The van der Waals surface area contributed by atoms with Crippen LogP contribution in [-0.2, 0) is 19.6 Å². The predicted molar refractivity (Wildman–Crippen MR) is 114 cm³/mol. The molecule has 0 atom stereocenters. The third-order valence-corrected chi connectivity index (χ3v) is 8.25. The van der Waals surface area contributed by atoms with Crippen LogP contribution in [-0.4, -0.2) is 62.3 Å². The summed E-state index contributed by atoms with van der Waals surface area (Å²) in [5.74, 6) is -0.370. The number of piperidine rings is 1. The summed E-state index contributed by atoms with van der Waals surface area (Å²) in [5.41, 5.74) is -0.0231. The molecule has 30 heavy (non-hydrogen) atoms. The van der Waals surface area contributed by atoms with Gasteiger partial charge in [0.05, 0.1) is 10.5 Å². The Kier molecular flexibility index (Phi) is 7.52. The van der Waals surface area contributed by atoms with Crippen molar-refractivity contribution < 1.29 is 22.7 Å². The first kappa shape index (κ1) is 22.7. The minimum absolute atomic E-state index is 0.0231. The SMILES string of the molecule is CC1CCC(N(C)C(=O)COC(=O)c2ccccc2S(=O)(=O)N2CCCCC2)CC1. The van der Waals surface area contributed by atoms with E-state index in [0.29, 0.717) is 19.0 Å². The minimum atomic E-state index is -3.78. The molecule has 1 saturated heterocycles. The van der Waals surface area contributed by atoms with Gasteiger partial charge in [0, 0.05) is 26.2 Å². The van der Waals surface area contributed by atoms with Crippen molar-refractivity contribution in [2.75, 3.05) is 26.7 Å². The molecular weight excluding hydrogens is 404 g/mol. The Bertz CT molecular complexity index is 856. The summed E-state index contributed by atoms with van der Waals surface area (Å²) in [5, 5.41) is 0. The van der Waals surface area contributed by atoms with Crippen LogP contribution in [0.4, 0.5) is 0 Å². The van der Waals surface area contributed by atoms with Crippen LogP contribution in [0.25, 0.3) is 0 Å². The van der Waals surface area contributed by atoms with Gasteiger partial charge in [0.15, 0.2) is 6.61 Å². The number of ether oxygens (including phenoxy) is 1. The van der Waals surface area contributed by atoms with E-state index in [2.05, 4.69) is 6.92 Å². The Morgan fingerprint density at radius 2 is 1.70 bits per heavy atom. The van der Waals surface area contributed by atoms with Gasteiger partial charge in [-0.2, -0.15) is 4.31 Å². The number of amides is 1. The summed E-state index contributed by atoms with van der Waals surface area (Å²) in [7, 11) is -2.04. The molecular formula is C22H32N2O5S. The van der Waals surface area contributed by atoms with Crippen molar-refractivity contribution in [1.29, 1.82) is 0 Å². The standard InChI is InChI=1S/C22H32N2O5S/c1-17-10-12-18(13-11-17)23(2)21(25)16-29-22(26)19-8-4-5-9-20(19)30(27,28)24-14-6-3-7-15-24/h4-5,8-9,17-18H,3,6-7,10-16H2,1-2H3. The van der Waals surface area contributed by atoms with Crippen LogP contribution in [0, 0.1) is 5.92 Å². The molecule has 1 aliphatic heterocycles. The van der Waals surface area contributed by atoms with E-state index in [1.54, 1.807) is 24.1 Å². The summed E-state index contributed by atoms with van der Waals surface area (Å²) < 4.78 is 32.7. The molecule has 1 aromatic carbocycles. The van der Waals surface area contributed by atoms with E-state index in [1.165, 1.54) is 16.4 Å². The molecule has 1 aromatic rings. The molecule has 1 saturated carbocycles. The molecule has 0 unspecified atom stereocenters. The van der Waals surface area contributed by atoms with E-state index in [4.69, 9.17) is 4.74 Å². The maximum absolute atomic E-state index is 13.0. The van der Waals surface area contributed by atoms with Crippen molar-refractivity contribution in [2.45, 2.75) is 62.8 Å². The number of nitrogens with zero attached hydrogens (tertiary/aromatic N) is 2. The first-order valence-electron chi connectivity index (χ1n) is 10.8. The number of benzene rings is 1. The summed E-state index contributed by atoms with van der Waals surface area (Å²) >= 11 is 0. The molecule has 0 radical (unpaired) electrons. The maximum atomic E-state index is 13.0. The van der Waals surface area contributed by atoms with Crippen molar-refractivity contribution in [3.05, 3.63) is 29.8 Å². The van der Waals surface area contributed by atoms with Crippen molar-refractivity contribution in [3.63, 3.8) is 0 Å². The van der Waals surface area contributed by atoms with E-state index >= 15 is 0 Å². The van der Waals surface area contributed by atoms with Gasteiger partial charge in [0.2, 0.25) is 10.0 Å². The second kappa shape index (κ2) is 9.92. The summed E-state index contributed by atoms with van der Waals surface area (Å²) in [6, 6.07) is 6.23. The largest absolute Gasteiger partial charge is 0.452 e. The molecule has 166 valence electrons. The van der Waals surface area contributed by atoms with Crippen molar-refractivity contribution >= 4 is 21.9 Å². The highest BCUT2D eigenvalue weighted by atomic mass is 32.2. The number of carbonyl (C=O) groups excluding carboxylic acids is 2. The third-order valence-electron chi connectivity index (χ3n) is 6.29. The zero-order chi connectivity index (χ0) is 21.7. The number of sulfonamides is 1. The van der Waals surface area contributed by atoms with Gasteiger partial charge in [-0.05, 0) is 56.6 Å². The Balaban J connectivity index is 1.65. The zero-order valence-electron chi connectivity index (χ0n) is 17.9. The molecule has 1 heterocycles. The van der Waals surface area contributed by atoms with Crippen LogP contribution in [0.1, 0.15) is 62.2 Å². The number of hydrogen-bond donors (Lipinski definition) is 0. The first-order chi connectivity index (χ1) is 14.3. The predicted octanol–water partition coefficient (Wildman–Crippen LogP) is 3.06. The smallest absolute Gasteiger partial charge is 0.340 e. The monoisotopic (exact) mass is 436 g/mol. The lowest BCUT2D eigenvalue weighted by Gasteiger charge is -2.33. The molecule has 1 aliphatic carbocycles. The topological polar surface area (TPSA) is 84.0 Å². The normalized spacial score (nSPS) is 23.0. The van der Waals surface area contributed by atoms with Gasteiger partial charge in [-0.3, -0.25) is 4.79 Å². The van der Waals surface area contributed by atoms with Crippen LogP contribution in [0.3, 0.4) is 0 Å². The number of rotatable bonds is 6.